The zero-order chi connectivity index (χ0) is 15.2. The highest BCUT2D eigenvalue weighted by Crippen LogP contribution is 2.07. The van der Waals surface area contributed by atoms with E-state index >= 15 is 0 Å². The van der Waals surface area contributed by atoms with Crippen LogP contribution in [0.15, 0.2) is 24.3 Å². The average Bonchev–Trinajstić information content (AvgIpc) is 2.33. The minimum atomic E-state index is -0.456. The first kappa shape index (κ1) is 16.5. The van der Waals surface area contributed by atoms with Gasteiger partial charge in [0.25, 0.3) is 0 Å². The number of carbonyl (C=O) groups excluding carboxylic acids is 1. The van der Waals surface area contributed by atoms with Crippen molar-refractivity contribution in [3.63, 3.8) is 0 Å². The maximum Gasteiger partial charge on any atom is 0.407 e. The van der Waals surface area contributed by atoms with Crippen molar-refractivity contribution in [3.8, 4) is 0 Å². The van der Waals surface area contributed by atoms with Crippen molar-refractivity contribution in [1.29, 1.82) is 0 Å². The summed E-state index contributed by atoms with van der Waals surface area (Å²) in [6.07, 6.45) is -0.373. The fourth-order valence-electron chi connectivity index (χ4n) is 1.72. The number of benzene rings is 1. The molecule has 0 heterocycles. The molecule has 0 aliphatic heterocycles. The van der Waals surface area contributed by atoms with E-state index in [1.807, 2.05) is 39.8 Å². The number of nitrogens with one attached hydrogen (secondary N) is 2. The minimum Gasteiger partial charge on any atom is -0.444 e. The van der Waals surface area contributed by atoms with E-state index in [9.17, 15) is 4.79 Å². The summed E-state index contributed by atoms with van der Waals surface area (Å²) in [7, 11) is 0. The van der Waals surface area contributed by atoms with Crippen LogP contribution in [0.25, 0.3) is 0 Å². The molecule has 0 aliphatic rings. The Morgan fingerprint density at radius 2 is 1.95 bits per heavy atom. The number of amides is 1. The first-order chi connectivity index (χ1) is 9.28. The number of alkyl carbamates (subject to hydrolysis) is 1. The molecular weight excluding hydrogens is 252 g/mol. The molecule has 112 valence electrons. The summed E-state index contributed by atoms with van der Waals surface area (Å²) in [5.74, 6) is 0. The Balaban J connectivity index is 2.29. The third kappa shape index (κ3) is 6.57. The number of rotatable bonds is 5. The number of ether oxygens (including phenoxy) is 1. The summed E-state index contributed by atoms with van der Waals surface area (Å²) < 4.78 is 5.19. The molecule has 1 rings (SSSR count). The lowest BCUT2D eigenvalue weighted by Gasteiger charge is -2.21. The van der Waals surface area contributed by atoms with Gasteiger partial charge in [0.05, 0.1) is 0 Å². The summed E-state index contributed by atoms with van der Waals surface area (Å²) in [6, 6.07) is 8.46. The van der Waals surface area contributed by atoms with Gasteiger partial charge in [0, 0.05) is 19.1 Å². The standard InChI is InChI=1S/C16H26N2O2/c1-12-8-6-7-9-14(12)11-17-13(2)10-18-15(19)20-16(3,4)5/h6-9,13,17H,10-11H2,1-5H3,(H,18,19). The molecule has 0 fully saturated rings. The molecule has 0 saturated heterocycles. The van der Waals surface area contributed by atoms with Crippen LogP contribution in [0.2, 0.25) is 0 Å². The van der Waals surface area contributed by atoms with Crippen molar-refractivity contribution in [3.05, 3.63) is 35.4 Å². The van der Waals surface area contributed by atoms with Gasteiger partial charge in [-0.05, 0) is 45.7 Å². The topological polar surface area (TPSA) is 50.4 Å². The molecule has 0 aromatic heterocycles. The Bertz CT molecular complexity index is 438. The SMILES string of the molecule is Cc1ccccc1CNC(C)CNC(=O)OC(C)(C)C. The lowest BCUT2D eigenvalue weighted by atomic mass is 10.1. The normalized spacial score (nSPS) is 12.8. The zero-order valence-corrected chi connectivity index (χ0v) is 13.1. The van der Waals surface area contributed by atoms with Crippen molar-refractivity contribution < 1.29 is 9.53 Å². The summed E-state index contributed by atoms with van der Waals surface area (Å²) in [6.45, 7) is 11.0. The van der Waals surface area contributed by atoms with Crippen LogP contribution in [-0.4, -0.2) is 24.3 Å². The molecule has 4 heteroatoms. The van der Waals surface area contributed by atoms with Gasteiger partial charge in [0.15, 0.2) is 0 Å². The Labute approximate surface area is 121 Å². The molecule has 0 saturated carbocycles. The number of hydrogen-bond acceptors (Lipinski definition) is 3. The Hall–Kier alpha value is -1.55. The second-order valence-corrected chi connectivity index (χ2v) is 6.09. The zero-order valence-electron chi connectivity index (χ0n) is 13.1. The van der Waals surface area contributed by atoms with E-state index in [0.29, 0.717) is 6.54 Å². The van der Waals surface area contributed by atoms with Crippen molar-refractivity contribution in [1.82, 2.24) is 10.6 Å². The van der Waals surface area contributed by atoms with Crippen LogP contribution in [0.5, 0.6) is 0 Å². The largest absolute Gasteiger partial charge is 0.444 e. The maximum atomic E-state index is 11.5. The van der Waals surface area contributed by atoms with Gasteiger partial charge in [-0.15, -0.1) is 0 Å². The van der Waals surface area contributed by atoms with Crippen molar-refractivity contribution in [2.45, 2.75) is 52.8 Å². The lowest BCUT2D eigenvalue weighted by Crippen LogP contribution is -2.41. The van der Waals surface area contributed by atoms with E-state index in [-0.39, 0.29) is 12.1 Å². The van der Waals surface area contributed by atoms with Crippen LogP contribution in [0, 0.1) is 6.92 Å². The molecule has 1 amide bonds. The average molecular weight is 278 g/mol. The third-order valence-electron chi connectivity index (χ3n) is 2.85. The molecule has 1 atom stereocenters. The fourth-order valence-corrected chi connectivity index (χ4v) is 1.72. The predicted molar refractivity (Wildman–Crippen MR) is 81.7 cm³/mol. The first-order valence-corrected chi connectivity index (χ1v) is 7.02. The second-order valence-electron chi connectivity index (χ2n) is 6.09. The molecule has 0 radical (unpaired) electrons. The monoisotopic (exact) mass is 278 g/mol. The van der Waals surface area contributed by atoms with Crippen LogP contribution in [0.3, 0.4) is 0 Å². The minimum absolute atomic E-state index is 0.183. The summed E-state index contributed by atoms with van der Waals surface area (Å²) in [5.41, 5.74) is 2.09. The molecule has 20 heavy (non-hydrogen) atoms. The highest BCUT2D eigenvalue weighted by atomic mass is 16.6. The Morgan fingerprint density at radius 3 is 2.55 bits per heavy atom. The maximum absolute atomic E-state index is 11.5. The van der Waals surface area contributed by atoms with E-state index in [1.54, 1.807) is 0 Å². The quantitative estimate of drug-likeness (QED) is 0.870. The second kappa shape index (κ2) is 7.29. The van der Waals surface area contributed by atoms with Crippen LogP contribution in [0.4, 0.5) is 4.79 Å². The van der Waals surface area contributed by atoms with Crippen LogP contribution in [0.1, 0.15) is 38.8 Å². The molecule has 1 aromatic rings. The van der Waals surface area contributed by atoms with Gasteiger partial charge < -0.3 is 15.4 Å². The Kier molecular flexibility index (Phi) is 6.02. The van der Waals surface area contributed by atoms with Crippen molar-refractivity contribution in [2.24, 2.45) is 0 Å². The molecule has 0 spiro atoms. The molecular formula is C16H26N2O2. The molecule has 0 bridgehead atoms. The fraction of sp³-hybridized carbons (Fsp3) is 0.562. The van der Waals surface area contributed by atoms with E-state index in [2.05, 4.69) is 29.7 Å². The van der Waals surface area contributed by atoms with Crippen molar-refractivity contribution >= 4 is 6.09 Å². The number of hydrogen-bond donors (Lipinski definition) is 2. The number of aryl methyl sites for hydroxylation is 1. The number of carbonyl (C=O) groups is 1. The first-order valence-electron chi connectivity index (χ1n) is 7.02. The van der Waals surface area contributed by atoms with Crippen LogP contribution in [-0.2, 0) is 11.3 Å². The smallest absolute Gasteiger partial charge is 0.407 e. The van der Waals surface area contributed by atoms with Gasteiger partial charge in [-0.3, -0.25) is 0 Å². The molecule has 1 unspecified atom stereocenters. The lowest BCUT2D eigenvalue weighted by molar-refractivity contribution is 0.0523. The summed E-state index contributed by atoms with van der Waals surface area (Å²) in [5, 5.41) is 6.15. The van der Waals surface area contributed by atoms with Crippen molar-refractivity contribution in [2.75, 3.05) is 6.54 Å². The van der Waals surface area contributed by atoms with Crippen LogP contribution >= 0.6 is 0 Å². The Morgan fingerprint density at radius 1 is 1.30 bits per heavy atom. The highest BCUT2D eigenvalue weighted by molar-refractivity contribution is 5.67. The third-order valence-corrected chi connectivity index (χ3v) is 2.85. The summed E-state index contributed by atoms with van der Waals surface area (Å²) >= 11 is 0. The molecule has 2 N–H and O–H groups in total. The van der Waals surface area contributed by atoms with Gasteiger partial charge >= 0.3 is 6.09 Å². The van der Waals surface area contributed by atoms with Crippen LogP contribution < -0.4 is 10.6 Å². The highest BCUT2D eigenvalue weighted by Gasteiger charge is 2.16. The molecule has 0 aliphatic carbocycles. The van der Waals surface area contributed by atoms with E-state index in [4.69, 9.17) is 4.74 Å². The van der Waals surface area contributed by atoms with Gasteiger partial charge in [-0.25, -0.2) is 4.79 Å². The van der Waals surface area contributed by atoms with Gasteiger partial charge in [0.2, 0.25) is 0 Å². The molecule has 4 nitrogen and oxygen atoms in total. The van der Waals surface area contributed by atoms with Gasteiger partial charge in [-0.1, -0.05) is 24.3 Å². The van der Waals surface area contributed by atoms with E-state index in [0.717, 1.165) is 6.54 Å². The van der Waals surface area contributed by atoms with E-state index in [1.165, 1.54) is 11.1 Å². The van der Waals surface area contributed by atoms with E-state index < -0.39 is 5.60 Å². The summed E-state index contributed by atoms with van der Waals surface area (Å²) in [4.78, 5) is 11.5. The van der Waals surface area contributed by atoms with Gasteiger partial charge in [0.1, 0.15) is 5.60 Å². The molecule has 1 aromatic carbocycles. The predicted octanol–water partition coefficient (Wildman–Crippen LogP) is 3.00. The van der Waals surface area contributed by atoms with Gasteiger partial charge in [-0.2, -0.15) is 0 Å².